The van der Waals surface area contributed by atoms with Gasteiger partial charge in [0.05, 0.1) is 13.0 Å². The minimum absolute atomic E-state index is 0.146. The summed E-state index contributed by atoms with van der Waals surface area (Å²) in [5.41, 5.74) is 9.76. The van der Waals surface area contributed by atoms with Gasteiger partial charge in [-0.05, 0) is 0 Å². The molecule has 0 heterocycles. The number of carbonyl (C=O) groups is 1. The standard InChI is InChI=1S/C4H10N4O3/c5-4(6)7-8(11)2-1-3(9)10/h11H,1-2H2,(H,9,10)(H4,5,6,7). The molecule has 0 aliphatic rings. The summed E-state index contributed by atoms with van der Waals surface area (Å²) in [6.07, 6.45) is -0.229. The lowest BCUT2D eigenvalue weighted by atomic mass is 10.4. The number of carboxylic acid groups (broad SMARTS) is 1. The molecule has 0 aromatic heterocycles. The number of carboxylic acids is 1. The molecule has 0 aromatic carbocycles. The van der Waals surface area contributed by atoms with E-state index in [1.807, 2.05) is 0 Å². The molecule has 0 rings (SSSR count). The maximum atomic E-state index is 9.94. The van der Waals surface area contributed by atoms with Crippen LogP contribution in [0.15, 0.2) is 5.10 Å². The topological polar surface area (TPSA) is 125 Å². The van der Waals surface area contributed by atoms with E-state index in [1.165, 1.54) is 0 Å². The molecule has 0 saturated carbocycles. The predicted molar refractivity (Wildman–Crippen MR) is 36.6 cm³/mol. The van der Waals surface area contributed by atoms with Crippen LogP contribution in [-0.2, 0) is 4.79 Å². The maximum Gasteiger partial charge on any atom is 0.305 e. The summed E-state index contributed by atoms with van der Waals surface area (Å²) in [7, 11) is 0. The molecule has 7 nitrogen and oxygen atoms in total. The molecule has 0 amide bonds. The highest BCUT2D eigenvalue weighted by Crippen LogP contribution is 1.86. The molecule has 0 atom stereocenters. The third-order valence-electron chi connectivity index (χ3n) is 0.757. The minimum atomic E-state index is -1.03. The van der Waals surface area contributed by atoms with E-state index >= 15 is 0 Å². The van der Waals surface area contributed by atoms with Crippen molar-refractivity contribution in [2.24, 2.45) is 16.6 Å². The molecule has 0 spiro atoms. The maximum absolute atomic E-state index is 9.94. The molecule has 0 aliphatic carbocycles. The lowest BCUT2D eigenvalue weighted by molar-refractivity contribution is -0.142. The van der Waals surface area contributed by atoms with Gasteiger partial charge in [0.1, 0.15) is 0 Å². The predicted octanol–water partition coefficient (Wildman–Crippen LogP) is -1.66. The number of nitrogens with zero attached hydrogens (tertiary/aromatic N) is 2. The van der Waals surface area contributed by atoms with Crippen molar-refractivity contribution in [1.82, 2.24) is 5.17 Å². The van der Waals surface area contributed by atoms with Gasteiger partial charge in [0.2, 0.25) is 5.96 Å². The fraction of sp³-hybridized carbons (Fsp3) is 0.500. The second kappa shape index (κ2) is 4.34. The molecule has 0 aliphatic heterocycles. The van der Waals surface area contributed by atoms with E-state index in [1.54, 1.807) is 0 Å². The molecule has 0 aromatic rings. The second-order valence-corrected chi connectivity index (χ2v) is 1.76. The number of hydroxylamine groups is 1. The Balaban J connectivity index is 3.61. The van der Waals surface area contributed by atoms with E-state index in [-0.39, 0.29) is 18.9 Å². The molecule has 7 heteroatoms. The summed E-state index contributed by atoms with van der Waals surface area (Å²) >= 11 is 0. The number of hydrogen-bond acceptors (Lipinski definition) is 4. The number of nitrogens with two attached hydrogens (primary N) is 2. The molecule has 0 fully saturated rings. The monoisotopic (exact) mass is 162 g/mol. The first-order chi connectivity index (χ1) is 5.02. The average molecular weight is 162 g/mol. The molecule has 0 saturated heterocycles. The number of guanidine groups is 1. The van der Waals surface area contributed by atoms with E-state index in [9.17, 15) is 4.79 Å². The molecule has 64 valence electrons. The van der Waals surface area contributed by atoms with Gasteiger partial charge in [0.25, 0.3) is 0 Å². The number of hydrazone groups is 1. The largest absolute Gasteiger partial charge is 0.481 e. The first-order valence-corrected chi connectivity index (χ1v) is 2.80. The highest BCUT2D eigenvalue weighted by Gasteiger charge is 2.00. The summed E-state index contributed by atoms with van der Waals surface area (Å²) in [6.45, 7) is -0.146. The van der Waals surface area contributed by atoms with Gasteiger partial charge in [-0.25, -0.2) is 0 Å². The van der Waals surface area contributed by atoms with Gasteiger partial charge in [0, 0.05) is 0 Å². The van der Waals surface area contributed by atoms with E-state index < -0.39 is 5.97 Å². The van der Waals surface area contributed by atoms with Crippen molar-refractivity contribution < 1.29 is 15.1 Å². The van der Waals surface area contributed by atoms with Crippen LogP contribution in [0.4, 0.5) is 0 Å². The van der Waals surface area contributed by atoms with Gasteiger partial charge in [0.15, 0.2) is 0 Å². The zero-order valence-corrected chi connectivity index (χ0v) is 5.77. The zero-order chi connectivity index (χ0) is 8.85. The Morgan fingerprint density at radius 3 is 2.45 bits per heavy atom. The van der Waals surface area contributed by atoms with Crippen LogP contribution in [0.1, 0.15) is 6.42 Å². The highest BCUT2D eigenvalue weighted by molar-refractivity contribution is 5.75. The minimum Gasteiger partial charge on any atom is -0.481 e. The summed E-state index contributed by atoms with van der Waals surface area (Å²) in [5.74, 6) is -1.35. The van der Waals surface area contributed by atoms with Gasteiger partial charge in [-0.1, -0.05) is 0 Å². The Hall–Kier alpha value is -1.50. The zero-order valence-electron chi connectivity index (χ0n) is 5.77. The Morgan fingerprint density at radius 2 is 2.09 bits per heavy atom. The second-order valence-electron chi connectivity index (χ2n) is 1.76. The number of aliphatic carboxylic acids is 1. The fourth-order valence-corrected chi connectivity index (χ4v) is 0.379. The van der Waals surface area contributed by atoms with Crippen LogP contribution in [0.25, 0.3) is 0 Å². The van der Waals surface area contributed by atoms with Crippen LogP contribution in [0.5, 0.6) is 0 Å². The summed E-state index contributed by atoms with van der Waals surface area (Å²) in [4.78, 5) is 9.94. The number of hydrogen-bond donors (Lipinski definition) is 4. The molecule has 0 unspecified atom stereocenters. The van der Waals surface area contributed by atoms with Crippen LogP contribution in [-0.4, -0.2) is 34.0 Å². The van der Waals surface area contributed by atoms with E-state index in [0.717, 1.165) is 0 Å². The Morgan fingerprint density at radius 1 is 1.55 bits per heavy atom. The van der Waals surface area contributed by atoms with Gasteiger partial charge in [-0.3, -0.25) is 10.0 Å². The third-order valence-corrected chi connectivity index (χ3v) is 0.757. The van der Waals surface area contributed by atoms with Crippen molar-refractivity contribution in [3.8, 4) is 0 Å². The summed E-state index contributed by atoms with van der Waals surface area (Å²) < 4.78 is 0. The van der Waals surface area contributed by atoms with Crippen molar-refractivity contribution in [1.29, 1.82) is 0 Å². The van der Waals surface area contributed by atoms with Gasteiger partial charge < -0.3 is 16.6 Å². The highest BCUT2D eigenvalue weighted by atomic mass is 16.5. The molecule has 0 bridgehead atoms. The smallest absolute Gasteiger partial charge is 0.305 e. The fourth-order valence-electron chi connectivity index (χ4n) is 0.379. The average Bonchev–Trinajstić information content (AvgIpc) is 1.82. The van der Waals surface area contributed by atoms with Crippen LogP contribution < -0.4 is 11.5 Å². The van der Waals surface area contributed by atoms with Crippen LogP contribution in [0.3, 0.4) is 0 Å². The Bertz CT molecular complexity index is 165. The summed E-state index contributed by atoms with van der Waals surface area (Å²) in [6, 6.07) is 0. The lowest BCUT2D eigenvalue weighted by Gasteiger charge is -2.07. The van der Waals surface area contributed by atoms with Crippen molar-refractivity contribution >= 4 is 11.9 Å². The Labute approximate surface area is 62.8 Å². The van der Waals surface area contributed by atoms with Crippen molar-refractivity contribution in [2.75, 3.05) is 6.54 Å². The summed E-state index contributed by atoms with van der Waals surface area (Å²) in [5, 5.41) is 20.4. The van der Waals surface area contributed by atoms with Crippen molar-refractivity contribution in [3.63, 3.8) is 0 Å². The quantitative estimate of drug-likeness (QED) is 0.223. The van der Waals surface area contributed by atoms with Gasteiger partial charge in [-0.2, -0.15) is 5.17 Å². The SMILES string of the molecule is NC(N)=NN(O)CCC(=O)O. The van der Waals surface area contributed by atoms with E-state index in [2.05, 4.69) is 5.10 Å². The van der Waals surface area contributed by atoms with Gasteiger partial charge in [-0.15, -0.1) is 5.10 Å². The lowest BCUT2D eigenvalue weighted by Crippen LogP contribution is -2.28. The molecular formula is C4H10N4O3. The first-order valence-electron chi connectivity index (χ1n) is 2.80. The van der Waals surface area contributed by atoms with Crippen molar-refractivity contribution in [3.05, 3.63) is 0 Å². The van der Waals surface area contributed by atoms with Crippen LogP contribution >= 0.6 is 0 Å². The number of rotatable bonds is 4. The third kappa shape index (κ3) is 6.38. The molecule has 0 radical (unpaired) electrons. The van der Waals surface area contributed by atoms with Crippen LogP contribution in [0.2, 0.25) is 0 Å². The Kier molecular flexibility index (Phi) is 3.75. The molecule has 6 N–H and O–H groups in total. The van der Waals surface area contributed by atoms with Crippen LogP contribution in [0, 0.1) is 0 Å². The van der Waals surface area contributed by atoms with E-state index in [0.29, 0.717) is 5.17 Å². The molecule has 11 heavy (non-hydrogen) atoms. The normalized spacial score (nSPS) is 8.82. The molecular weight excluding hydrogens is 152 g/mol. The van der Waals surface area contributed by atoms with Gasteiger partial charge >= 0.3 is 5.97 Å². The van der Waals surface area contributed by atoms with E-state index in [4.69, 9.17) is 21.8 Å². The van der Waals surface area contributed by atoms with Crippen molar-refractivity contribution in [2.45, 2.75) is 6.42 Å². The first kappa shape index (κ1) is 9.50.